The van der Waals surface area contributed by atoms with Crippen LogP contribution in [0.1, 0.15) is 16.0 Å². The van der Waals surface area contributed by atoms with E-state index in [1.807, 2.05) is 23.6 Å². The Balaban J connectivity index is 2.24. The molecule has 0 fully saturated rings. The van der Waals surface area contributed by atoms with Gasteiger partial charge in [0.15, 0.2) is 0 Å². The third-order valence-electron chi connectivity index (χ3n) is 2.92. The van der Waals surface area contributed by atoms with Gasteiger partial charge in [0.05, 0.1) is 4.90 Å². The fraction of sp³-hybridized carbons (Fsp3) is 0.231. The van der Waals surface area contributed by atoms with Crippen molar-refractivity contribution in [3.05, 3.63) is 51.7 Å². The van der Waals surface area contributed by atoms with E-state index in [0.29, 0.717) is 23.5 Å². The first kappa shape index (κ1) is 14.2. The van der Waals surface area contributed by atoms with E-state index in [4.69, 9.17) is 5.73 Å². The average molecular weight is 296 g/mol. The van der Waals surface area contributed by atoms with E-state index in [9.17, 15) is 8.42 Å². The minimum Gasteiger partial charge on any atom is -0.326 e. The van der Waals surface area contributed by atoms with Crippen LogP contribution >= 0.6 is 11.3 Å². The summed E-state index contributed by atoms with van der Waals surface area (Å²) in [5.41, 5.74) is 7.16. The number of sulfonamides is 1. The highest BCUT2D eigenvalue weighted by atomic mass is 32.2. The zero-order chi connectivity index (χ0) is 13.9. The molecular formula is C13H16N2O2S2. The molecule has 19 heavy (non-hydrogen) atoms. The molecule has 0 saturated carbocycles. The van der Waals surface area contributed by atoms with Crippen LogP contribution in [-0.4, -0.2) is 8.42 Å². The van der Waals surface area contributed by atoms with E-state index in [-0.39, 0.29) is 0 Å². The summed E-state index contributed by atoms with van der Waals surface area (Å²) in [4.78, 5) is 1.28. The van der Waals surface area contributed by atoms with Gasteiger partial charge >= 0.3 is 0 Å². The van der Waals surface area contributed by atoms with Gasteiger partial charge < -0.3 is 5.73 Å². The topological polar surface area (TPSA) is 72.2 Å². The molecule has 1 aromatic carbocycles. The van der Waals surface area contributed by atoms with Gasteiger partial charge in [-0.3, -0.25) is 0 Å². The van der Waals surface area contributed by atoms with Crippen LogP contribution in [0.15, 0.2) is 40.6 Å². The number of rotatable bonds is 5. The normalized spacial score (nSPS) is 11.7. The molecule has 4 nitrogen and oxygen atoms in total. The summed E-state index contributed by atoms with van der Waals surface area (Å²) in [6.07, 6.45) is 0. The molecule has 2 aromatic rings. The molecule has 0 atom stereocenters. The van der Waals surface area contributed by atoms with Gasteiger partial charge in [-0.25, -0.2) is 13.1 Å². The highest BCUT2D eigenvalue weighted by Gasteiger charge is 2.17. The Morgan fingerprint density at radius 3 is 2.68 bits per heavy atom. The number of thiophene rings is 1. The van der Waals surface area contributed by atoms with Gasteiger partial charge in [0, 0.05) is 18.0 Å². The van der Waals surface area contributed by atoms with Crippen LogP contribution in [0.25, 0.3) is 0 Å². The number of nitrogens with one attached hydrogen (secondary N) is 1. The summed E-state index contributed by atoms with van der Waals surface area (Å²) < 4.78 is 27.1. The zero-order valence-corrected chi connectivity index (χ0v) is 12.2. The van der Waals surface area contributed by atoms with Crippen LogP contribution in [0.3, 0.4) is 0 Å². The lowest BCUT2D eigenvalue weighted by molar-refractivity contribution is 0.581. The molecule has 1 heterocycles. The first-order valence-corrected chi connectivity index (χ1v) is 8.21. The third kappa shape index (κ3) is 3.22. The van der Waals surface area contributed by atoms with Crippen molar-refractivity contribution in [2.45, 2.75) is 24.9 Å². The molecule has 0 aliphatic carbocycles. The van der Waals surface area contributed by atoms with Gasteiger partial charge in [0.2, 0.25) is 10.0 Å². The molecule has 2 rings (SSSR count). The first-order chi connectivity index (χ1) is 9.04. The highest BCUT2D eigenvalue weighted by Crippen LogP contribution is 2.19. The summed E-state index contributed by atoms with van der Waals surface area (Å²) in [5.74, 6) is 0. The van der Waals surface area contributed by atoms with Gasteiger partial charge in [-0.2, -0.15) is 0 Å². The zero-order valence-electron chi connectivity index (χ0n) is 10.6. The van der Waals surface area contributed by atoms with Crippen molar-refractivity contribution in [1.29, 1.82) is 0 Å². The van der Waals surface area contributed by atoms with Gasteiger partial charge in [-0.1, -0.05) is 18.2 Å². The molecule has 0 unspecified atom stereocenters. The second-order valence-corrected chi connectivity index (χ2v) is 6.92. The highest BCUT2D eigenvalue weighted by molar-refractivity contribution is 7.89. The summed E-state index contributed by atoms with van der Waals surface area (Å²) >= 11 is 1.52. The van der Waals surface area contributed by atoms with Crippen LogP contribution in [0.5, 0.6) is 0 Å². The molecule has 0 radical (unpaired) electrons. The first-order valence-electron chi connectivity index (χ1n) is 5.85. The van der Waals surface area contributed by atoms with Gasteiger partial charge in [0.25, 0.3) is 0 Å². The second kappa shape index (κ2) is 5.83. The molecular weight excluding hydrogens is 280 g/mol. The lowest BCUT2D eigenvalue weighted by Gasteiger charge is -2.11. The standard InChI is InChI=1S/C13H16N2O2S2/c1-10-11(8-14)4-2-6-13(10)19(16,17)15-9-12-5-3-7-18-12/h2-7,15H,8-9,14H2,1H3. The van der Waals surface area contributed by atoms with Crippen molar-refractivity contribution in [1.82, 2.24) is 4.72 Å². The lowest BCUT2D eigenvalue weighted by Crippen LogP contribution is -2.24. The van der Waals surface area contributed by atoms with Gasteiger partial charge in [-0.05, 0) is 35.6 Å². The quantitative estimate of drug-likeness (QED) is 0.886. The van der Waals surface area contributed by atoms with Crippen LogP contribution in [-0.2, 0) is 23.1 Å². The fourth-order valence-electron chi connectivity index (χ4n) is 1.83. The van der Waals surface area contributed by atoms with Crippen molar-refractivity contribution in [3.63, 3.8) is 0 Å². The van der Waals surface area contributed by atoms with Gasteiger partial charge in [-0.15, -0.1) is 11.3 Å². The molecule has 6 heteroatoms. The minimum atomic E-state index is -3.50. The lowest BCUT2D eigenvalue weighted by atomic mass is 10.1. The largest absolute Gasteiger partial charge is 0.326 e. The summed E-state index contributed by atoms with van der Waals surface area (Å²) in [6.45, 7) is 2.42. The molecule has 3 N–H and O–H groups in total. The Labute approximate surface area is 117 Å². The molecule has 0 aliphatic heterocycles. The third-order valence-corrected chi connectivity index (χ3v) is 5.34. The molecule has 0 saturated heterocycles. The maximum Gasteiger partial charge on any atom is 0.241 e. The molecule has 0 spiro atoms. The van der Waals surface area contributed by atoms with Crippen molar-refractivity contribution in [3.8, 4) is 0 Å². The van der Waals surface area contributed by atoms with E-state index in [1.165, 1.54) is 11.3 Å². The molecule has 1 aromatic heterocycles. The Hall–Kier alpha value is -1.21. The number of nitrogens with two attached hydrogens (primary N) is 1. The summed E-state index contributed by atoms with van der Waals surface area (Å²) in [5, 5.41) is 1.92. The molecule has 102 valence electrons. The smallest absolute Gasteiger partial charge is 0.241 e. The average Bonchev–Trinajstić information content (AvgIpc) is 2.90. The summed E-state index contributed by atoms with van der Waals surface area (Å²) in [6, 6.07) is 8.96. The number of hydrogen-bond donors (Lipinski definition) is 2. The van der Waals surface area contributed by atoms with Crippen LogP contribution in [0.4, 0.5) is 0 Å². The maximum absolute atomic E-state index is 12.3. The Morgan fingerprint density at radius 2 is 2.05 bits per heavy atom. The Bertz CT molecular complexity index is 649. The maximum atomic E-state index is 12.3. The number of hydrogen-bond acceptors (Lipinski definition) is 4. The predicted molar refractivity (Wildman–Crippen MR) is 77.4 cm³/mol. The minimum absolute atomic E-state index is 0.298. The van der Waals surface area contributed by atoms with Crippen molar-refractivity contribution < 1.29 is 8.42 Å². The SMILES string of the molecule is Cc1c(CN)cccc1S(=O)(=O)NCc1cccs1. The van der Waals surface area contributed by atoms with Crippen LogP contribution in [0, 0.1) is 6.92 Å². The Morgan fingerprint density at radius 1 is 1.26 bits per heavy atom. The van der Waals surface area contributed by atoms with E-state index in [0.717, 1.165) is 10.4 Å². The molecule has 0 aliphatic rings. The van der Waals surface area contributed by atoms with Gasteiger partial charge in [0.1, 0.15) is 0 Å². The van der Waals surface area contributed by atoms with Crippen molar-refractivity contribution >= 4 is 21.4 Å². The van der Waals surface area contributed by atoms with Crippen LogP contribution < -0.4 is 10.5 Å². The monoisotopic (exact) mass is 296 g/mol. The molecule has 0 amide bonds. The molecule has 0 bridgehead atoms. The van der Waals surface area contributed by atoms with E-state index < -0.39 is 10.0 Å². The van der Waals surface area contributed by atoms with Crippen molar-refractivity contribution in [2.24, 2.45) is 5.73 Å². The second-order valence-electron chi connectivity index (χ2n) is 4.15. The predicted octanol–water partition coefficient (Wildman–Crippen LogP) is 1.99. The Kier molecular flexibility index (Phi) is 4.36. The van der Waals surface area contributed by atoms with E-state index in [1.54, 1.807) is 19.1 Å². The van der Waals surface area contributed by atoms with E-state index in [2.05, 4.69) is 4.72 Å². The van der Waals surface area contributed by atoms with E-state index >= 15 is 0 Å². The number of benzene rings is 1. The van der Waals surface area contributed by atoms with Crippen molar-refractivity contribution in [2.75, 3.05) is 0 Å². The fourth-order valence-corrected chi connectivity index (χ4v) is 3.86. The van der Waals surface area contributed by atoms with Crippen LogP contribution in [0.2, 0.25) is 0 Å². The summed E-state index contributed by atoms with van der Waals surface area (Å²) in [7, 11) is -3.50.